The van der Waals surface area contributed by atoms with Crippen LogP contribution in [0, 0.1) is 0 Å². The van der Waals surface area contributed by atoms with Crippen LogP contribution < -0.4 is 4.74 Å². The second kappa shape index (κ2) is 5.89. The van der Waals surface area contributed by atoms with Crippen LogP contribution >= 0.6 is 0 Å². The molecule has 92 valence electrons. The Bertz CT molecular complexity index is 425. The van der Waals surface area contributed by atoms with E-state index in [0.29, 0.717) is 12.4 Å². The predicted octanol–water partition coefficient (Wildman–Crippen LogP) is 1.96. The fourth-order valence-corrected chi connectivity index (χ4v) is 1.30. The van der Waals surface area contributed by atoms with Crippen molar-refractivity contribution in [2.24, 2.45) is 0 Å². The molecule has 0 heterocycles. The van der Waals surface area contributed by atoms with Crippen molar-refractivity contribution in [2.45, 2.75) is 13.8 Å². The summed E-state index contributed by atoms with van der Waals surface area (Å²) in [6.07, 6.45) is 0. The smallest absolute Gasteiger partial charge is 0.338 e. The molecule has 0 aromatic heterocycles. The molecule has 1 aromatic carbocycles. The van der Waals surface area contributed by atoms with Crippen LogP contribution in [0.15, 0.2) is 18.2 Å². The third kappa shape index (κ3) is 3.48. The molecule has 0 saturated heterocycles. The summed E-state index contributed by atoms with van der Waals surface area (Å²) >= 11 is 0. The summed E-state index contributed by atoms with van der Waals surface area (Å²) in [5.41, 5.74) is 0.175. The van der Waals surface area contributed by atoms with E-state index in [1.165, 1.54) is 18.2 Å². The molecule has 0 saturated carbocycles. The topological polar surface area (TPSA) is 72.8 Å². The van der Waals surface area contributed by atoms with Gasteiger partial charge >= 0.3 is 11.9 Å². The van der Waals surface area contributed by atoms with Gasteiger partial charge in [0.05, 0.1) is 24.3 Å². The molecule has 0 aliphatic rings. The summed E-state index contributed by atoms with van der Waals surface area (Å²) in [7, 11) is 0. The lowest BCUT2D eigenvalue weighted by Gasteiger charge is -2.07. The zero-order chi connectivity index (χ0) is 12.8. The van der Waals surface area contributed by atoms with Gasteiger partial charge < -0.3 is 14.6 Å². The summed E-state index contributed by atoms with van der Waals surface area (Å²) in [6, 6.07) is 4.10. The van der Waals surface area contributed by atoms with Crippen molar-refractivity contribution in [1.29, 1.82) is 0 Å². The van der Waals surface area contributed by atoms with Crippen LogP contribution in [0.5, 0.6) is 5.75 Å². The van der Waals surface area contributed by atoms with Crippen molar-refractivity contribution in [3.8, 4) is 5.75 Å². The van der Waals surface area contributed by atoms with Gasteiger partial charge in [0.2, 0.25) is 0 Å². The SMILES string of the molecule is CCOC(=O)c1cc(OCC)cc(C(=O)O)c1. The standard InChI is InChI=1S/C12H14O5/c1-3-16-10-6-8(11(13)14)5-9(7-10)12(15)17-4-2/h5-7H,3-4H2,1-2H3,(H,13,14). The minimum absolute atomic E-state index is 0.000923. The normalized spacial score (nSPS) is 9.76. The number of esters is 1. The van der Waals surface area contributed by atoms with Gasteiger partial charge in [0, 0.05) is 0 Å². The molecule has 17 heavy (non-hydrogen) atoms. The molecule has 0 aliphatic heterocycles. The maximum atomic E-state index is 11.5. The average Bonchev–Trinajstić information content (AvgIpc) is 2.29. The monoisotopic (exact) mass is 238 g/mol. The lowest BCUT2D eigenvalue weighted by atomic mass is 10.1. The minimum atomic E-state index is -1.11. The first-order chi connectivity index (χ1) is 8.08. The zero-order valence-corrected chi connectivity index (χ0v) is 9.73. The lowest BCUT2D eigenvalue weighted by Crippen LogP contribution is -2.08. The van der Waals surface area contributed by atoms with Gasteiger partial charge in [-0.15, -0.1) is 0 Å². The van der Waals surface area contributed by atoms with Gasteiger partial charge in [-0.1, -0.05) is 0 Å². The van der Waals surface area contributed by atoms with E-state index >= 15 is 0 Å². The summed E-state index contributed by atoms with van der Waals surface area (Å²) in [4.78, 5) is 22.4. The van der Waals surface area contributed by atoms with Gasteiger partial charge in [0.25, 0.3) is 0 Å². The number of carboxylic acid groups (broad SMARTS) is 1. The molecule has 0 bridgehead atoms. The minimum Gasteiger partial charge on any atom is -0.494 e. The fraction of sp³-hybridized carbons (Fsp3) is 0.333. The number of carbonyl (C=O) groups excluding carboxylic acids is 1. The lowest BCUT2D eigenvalue weighted by molar-refractivity contribution is 0.0526. The van der Waals surface area contributed by atoms with E-state index in [2.05, 4.69) is 0 Å². The van der Waals surface area contributed by atoms with Crippen molar-refractivity contribution in [1.82, 2.24) is 0 Å². The zero-order valence-electron chi connectivity index (χ0n) is 9.73. The molecular formula is C12H14O5. The summed E-state index contributed by atoms with van der Waals surface area (Å²) < 4.78 is 10.0. The number of benzene rings is 1. The third-order valence-electron chi connectivity index (χ3n) is 1.98. The van der Waals surface area contributed by atoms with Crippen LogP contribution in [0.2, 0.25) is 0 Å². The van der Waals surface area contributed by atoms with Crippen molar-refractivity contribution < 1.29 is 24.2 Å². The van der Waals surface area contributed by atoms with Gasteiger partial charge in [-0.2, -0.15) is 0 Å². The fourth-order valence-electron chi connectivity index (χ4n) is 1.30. The first-order valence-electron chi connectivity index (χ1n) is 5.26. The van der Waals surface area contributed by atoms with Crippen LogP contribution in [0.25, 0.3) is 0 Å². The Morgan fingerprint density at radius 1 is 1.12 bits per heavy atom. The highest BCUT2D eigenvalue weighted by molar-refractivity contribution is 5.95. The van der Waals surface area contributed by atoms with E-state index in [4.69, 9.17) is 14.6 Å². The van der Waals surface area contributed by atoms with Gasteiger partial charge in [-0.05, 0) is 32.0 Å². The maximum absolute atomic E-state index is 11.5. The molecule has 1 N–H and O–H groups in total. The molecule has 0 amide bonds. The van der Waals surface area contributed by atoms with Crippen molar-refractivity contribution in [3.05, 3.63) is 29.3 Å². The largest absolute Gasteiger partial charge is 0.494 e. The van der Waals surface area contributed by atoms with Gasteiger partial charge in [-0.25, -0.2) is 9.59 Å². The van der Waals surface area contributed by atoms with Gasteiger partial charge in [0.15, 0.2) is 0 Å². The molecule has 0 unspecified atom stereocenters. The highest BCUT2D eigenvalue weighted by atomic mass is 16.5. The second-order valence-electron chi connectivity index (χ2n) is 3.20. The first kappa shape index (κ1) is 13.0. The van der Waals surface area contributed by atoms with E-state index in [-0.39, 0.29) is 17.7 Å². The highest BCUT2D eigenvalue weighted by Gasteiger charge is 2.13. The Morgan fingerprint density at radius 2 is 1.76 bits per heavy atom. The Labute approximate surface area is 99.0 Å². The van der Waals surface area contributed by atoms with Crippen molar-refractivity contribution in [2.75, 3.05) is 13.2 Å². The van der Waals surface area contributed by atoms with Gasteiger partial charge in [-0.3, -0.25) is 0 Å². The molecule has 0 spiro atoms. The molecule has 5 heteroatoms. The van der Waals surface area contributed by atoms with Gasteiger partial charge in [0.1, 0.15) is 5.75 Å². The van der Waals surface area contributed by atoms with Crippen molar-refractivity contribution >= 4 is 11.9 Å². The number of hydrogen-bond acceptors (Lipinski definition) is 4. The Morgan fingerprint density at radius 3 is 2.29 bits per heavy atom. The van der Waals surface area contributed by atoms with Crippen LogP contribution in [0.3, 0.4) is 0 Å². The number of rotatable bonds is 5. The van der Waals surface area contributed by atoms with E-state index in [9.17, 15) is 9.59 Å². The number of ether oxygens (including phenoxy) is 2. The average molecular weight is 238 g/mol. The Balaban J connectivity index is 3.11. The molecule has 0 radical (unpaired) electrons. The molecule has 0 aliphatic carbocycles. The van der Waals surface area contributed by atoms with Crippen LogP contribution in [0.4, 0.5) is 0 Å². The van der Waals surface area contributed by atoms with Crippen LogP contribution in [0.1, 0.15) is 34.6 Å². The van der Waals surface area contributed by atoms with E-state index in [1.54, 1.807) is 13.8 Å². The molecular weight excluding hydrogens is 224 g/mol. The summed E-state index contributed by atoms with van der Waals surface area (Å²) in [5, 5.41) is 8.91. The quantitative estimate of drug-likeness (QED) is 0.794. The molecule has 5 nitrogen and oxygen atoms in total. The van der Waals surface area contributed by atoms with E-state index < -0.39 is 11.9 Å². The summed E-state index contributed by atoms with van der Waals surface area (Å²) in [6.45, 7) is 4.09. The van der Waals surface area contributed by atoms with E-state index in [1.807, 2.05) is 0 Å². The highest BCUT2D eigenvalue weighted by Crippen LogP contribution is 2.18. The number of carbonyl (C=O) groups is 2. The predicted molar refractivity (Wildman–Crippen MR) is 60.5 cm³/mol. The molecule has 1 rings (SSSR count). The second-order valence-corrected chi connectivity index (χ2v) is 3.20. The Kier molecular flexibility index (Phi) is 4.51. The Hall–Kier alpha value is -2.04. The van der Waals surface area contributed by atoms with Crippen molar-refractivity contribution in [3.63, 3.8) is 0 Å². The maximum Gasteiger partial charge on any atom is 0.338 e. The van der Waals surface area contributed by atoms with Crippen LogP contribution in [-0.2, 0) is 4.74 Å². The van der Waals surface area contributed by atoms with Crippen LogP contribution in [-0.4, -0.2) is 30.3 Å². The third-order valence-corrected chi connectivity index (χ3v) is 1.98. The molecule has 0 fully saturated rings. The summed E-state index contributed by atoms with van der Waals surface area (Å²) in [5.74, 6) is -1.33. The first-order valence-corrected chi connectivity index (χ1v) is 5.26. The molecule has 0 atom stereocenters. The number of hydrogen-bond donors (Lipinski definition) is 1. The van der Waals surface area contributed by atoms with E-state index in [0.717, 1.165) is 0 Å². The number of aromatic carboxylic acids is 1. The molecule has 1 aromatic rings. The number of carboxylic acids is 1.